The van der Waals surface area contributed by atoms with Crippen LogP contribution < -0.4 is 5.32 Å². The van der Waals surface area contributed by atoms with Gasteiger partial charge in [-0.05, 0) is 31.2 Å². The minimum atomic E-state index is -0.457. The molecule has 114 valence electrons. The Morgan fingerprint density at radius 3 is 2.77 bits per heavy atom. The Labute approximate surface area is 126 Å². The van der Waals surface area contributed by atoms with Crippen molar-refractivity contribution in [1.82, 2.24) is 9.80 Å². The highest BCUT2D eigenvalue weighted by Gasteiger charge is 2.34. The van der Waals surface area contributed by atoms with Gasteiger partial charge in [-0.1, -0.05) is 0 Å². The van der Waals surface area contributed by atoms with Crippen molar-refractivity contribution in [2.75, 3.05) is 25.5 Å². The molecule has 0 unspecified atom stereocenters. The molecule has 1 N–H and O–H groups in total. The molecule has 1 aliphatic rings. The van der Waals surface area contributed by atoms with Gasteiger partial charge in [0.05, 0.1) is 0 Å². The van der Waals surface area contributed by atoms with Gasteiger partial charge in [0, 0.05) is 18.1 Å². The standard InChI is InChI=1S/C15H15N3O4/c1-9-5-10-6-11(3-4-12(10)22-9)16-13(19)7-18-14(20)8-17(2)15(18)21/h3-6H,7-8H2,1-2H3,(H,16,19). The molecule has 2 heterocycles. The second-order valence-electron chi connectivity index (χ2n) is 5.28. The first-order chi connectivity index (χ1) is 10.4. The lowest BCUT2D eigenvalue weighted by Gasteiger charge is -2.13. The average Bonchev–Trinajstić information content (AvgIpc) is 2.92. The van der Waals surface area contributed by atoms with Gasteiger partial charge in [-0.15, -0.1) is 0 Å². The molecule has 1 saturated heterocycles. The Bertz CT molecular complexity index is 780. The maximum Gasteiger partial charge on any atom is 0.327 e. The molecular formula is C15H15N3O4. The van der Waals surface area contributed by atoms with E-state index in [-0.39, 0.29) is 19.0 Å². The van der Waals surface area contributed by atoms with Crippen molar-refractivity contribution in [3.63, 3.8) is 0 Å². The summed E-state index contributed by atoms with van der Waals surface area (Å²) in [7, 11) is 1.52. The summed E-state index contributed by atoms with van der Waals surface area (Å²) in [6, 6.07) is 6.67. The third-order valence-electron chi connectivity index (χ3n) is 3.46. The zero-order chi connectivity index (χ0) is 15.9. The van der Waals surface area contributed by atoms with Crippen molar-refractivity contribution in [1.29, 1.82) is 0 Å². The fourth-order valence-electron chi connectivity index (χ4n) is 2.42. The summed E-state index contributed by atoms with van der Waals surface area (Å²) in [5.74, 6) is -0.00472. The summed E-state index contributed by atoms with van der Waals surface area (Å²) in [5.41, 5.74) is 1.33. The molecule has 7 nitrogen and oxygen atoms in total. The highest BCUT2D eigenvalue weighted by atomic mass is 16.3. The molecule has 1 aromatic carbocycles. The van der Waals surface area contributed by atoms with E-state index in [2.05, 4.69) is 5.32 Å². The van der Waals surface area contributed by atoms with E-state index >= 15 is 0 Å². The van der Waals surface area contributed by atoms with Crippen molar-refractivity contribution < 1.29 is 18.8 Å². The Kier molecular flexibility index (Phi) is 3.32. The second kappa shape index (κ2) is 5.18. The molecule has 2 aromatic rings. The first-order valence-corrected chi connectivity index (χ1v) is 6.79. The van der Waals surface area contributed by atoms with Crippen molar-refractivity contribution in [3.8, 4) is 0 Å². The summed E-state index contributed by atoms with van der Waals surface area (Å²) < 4.78 is 5.46. The SMILES string of the molecule is Cc1cc2cc(NC(=O)CN3C(=O)CN(C)C3=O)ccc2o1. The minimum Gasteiger partial charge on any atom is -0.461 e. The number of carbonyl (C=O) groups is 3. The third-order valence-corrected chi connectivity index (χ3v) is 3.46. The van der Waals surface area contributed by atoms with Crippen LogP contribution in [0.25, 0.3) is 11.0 Å². The highest BCUT2D eigenvalue weighted by molar-refractivity contribution is 6.06. The number of hydrogen-bond acceptors (Lipinski definition) is 4. The van der Waals surface area contributed by atoms with E-state index in [0.29, 0.717) is 5.69 Å². The molecule has 22 heavy (non-hydrogen) atoms. The molecule has 1 fully saturated rings. The van der Waals surface area contributed by atoms with E-state index in [1.807, 2.05) is 13.0 Å². The zero-order valence-corrected chi connectivity index (χ0v) is 12.3. The molecule has 0 atom stereocenters. The normalized spacial score (nSPS) is 15.0. The van der Waals surface area contributed by atoms with Crippen LogP contribution in [0, 0.1) is 6.92 Å². The highest BCUT2D eigenvalue weighted by Crippen LogP contribution is 2.22. The number of likely N-dealkylation sites (N-methyl/N-ethyl adjacent to an activating group) is 1. The lowest BCUT2D eigenvalue weighted by atomic mass is 10.2. The average molecular weight is 301 g/mol. The summed E-state index contributed by atoms with van der Waals surface area (Å²) in [4.78, 5) is 37.6. The fourth-order valence-corrected chi connectivity index (χ4v) is 2.42. The fraction of sp³-hybridized carbons (Fsp3) is 0.267. The van der Waals surface area contributed by atoms with Gasteiger partial charge in [-0.3, -0.25) is 14.5 Å². The van der Waals surface area contributed by atoms with Gasteiger partial charge in [-0.25, -0.2) is 4.79 Å². The number of benzene rings is 1. The molecule has 3 rings (SSSR count). The number of furan rings is 1. The molecule has 7 heteroatoms. The van der Waals surface area contributed by atoms with Crippen LogP contribution in [0.4, 0.5) is 10.5 Å². The number of urea groups is 1. The molecular weight excluding hydrogens is 286 g/mol. The number of aryl methyl sites for hydroxylation is 1. The molecule has 1 aliphatic heterocycles. The molecule has 1 aromatic heterocycles. The molecule has 4 amide bonds. The van der Waals surface area contributed by atoms with Crippen LogP contribution in [0.3, 0.4) is 0 Å². The molecule has 0 spiro atoms. The first kappa shape index (κ1) is 14.1. The zero-order valence-electron chi connectivity index (χ0n) is 12.3. The van der Waals surface area contributed by atoms with Gasteiger partial charge < -0.3 is 14.6 Å². The van der Waals surface area contributed by atoms with Crippen molar-refractivity contribution >= 4 is 34.5 Å². The second-order valence-corrected chi connectivity index (χ2v) is 5.28. The quantitative estimate of drug-likeness (QED) is 0.872. The van der Waals surface area contributed by atoms with Crippen LogP contribution in [0.5, 0.6) is 0 Å². The number of anilines is 1. The van der Waals surface area contributed by atoms with Crippen LogP contribution in [0.1, 0.15) is 5.76 Å². The Morgan fingerprint density at radius 2 is 2.09 bits per heavy atom. The molecule has 0 saturated carbocycles. The van der Waals surface area contributed by atoms with Gasteiger partial charge in [0.15, 0.2) is 0 Å². The summed E-state index contributed by atoms with van der Waals surface area (Å²) in [6.07, 6.45) is 0. The van der Waals surface area contributed by atoms with Crippen LogP contribution in [-0.4, -0.2) is 47.8 Å². The monoisotopic (exact) mass is 301 g/mol. The van der Waals surface area contributed by atoms with Crippen molar-refractivity contribution in [2.45, 2.75) is 6.92 Å². The lowest BCUT2D eigenvalue weighted by Crippen LogP contribution is -2.38. The summed E-state index contributed by atoms with van der Waals surface area (Å²) >= 11 is 0. The number of carbonyl (C=O) groups excluding carboxylic acids is 3. The predicted molar refractivity (Wildman–Crippen MR) is 79.3 cm³/mol. The van der Waals surface area contributed by atoms with Crippen molar-refractivity contribution in [3.05, 3.63) is 30.0 Å². The number of rotatable bonds is 3. The Balaban J connectivity index is 1.70. The van der Waals surface area contributed by atoms with Gasteiger partial charge >= 0.3 is 6.03 Å². The topological polar surface area (TPSA) is 82.9 Å². The lowest BCUT2D eigenvalue weighted by molar-refractivity contribution is -0.129. The van der Waals surface area contributed by atoms with Gasteiger partial charge in [0.1, 0.15) is 24.4 Å². The maximum absolute atomic E-state index is 12.0. The molecule has 0 bridgehead atoms. The van der Waals surface area contributed by atoms with Crippen LogP contribution in [0.2, 0.25) is 0 Å². The number of hydrogen-bond donors (Lipinski definition) is 1. The first-order valence-electron chi connectivity index (χ1n) is 6.79. The number of imide groups is 1. The number of fused-ring (bicyclic) bond motifs is 1. The number of nitrogens with zero attached hydrogens (tertiary/aromatic N) is 2. The van der Waals surface area contributed by atoms with Crippen molar-refractivity contribution in [2.24, 2.45) is 0 Å². The van der Waals surface area contributed by atoms with Crippen LogP contribution >= 0.6 is 0 Å². The molecule has 0 radical (unpaired) electrons. The largest absolute Gasteiger partial charge is 0.461 e. The summed E-state index contributed by atoms with van der Waals surface area (Å²) in [6.45, 7) is 1.57. The number of amides is 4. The minimum absolute atomic E-state index is 0.00632. The third kappa shape index (κ3) is 2.52. The van der Waals surface area contributed by atoms with E-state index in [1.165, 1.54) is 11.9 Å². The van der Waals surface area contributed by atoms with E-state index < -0.39 is 11.9 Å². The van der Waals surface area contributed by atoms with Gasteiger partial charge in [-0.2, -0.15) is 0 Å². The molecule has 0 aliphatic carbocycles. The van der Waals surface area contributed by atoms with E-state index in [9.17, 15) is 14.4 Å². The van der Waals surface area contributed by atoms with Crippen LogP contribution in [0.15, 0.2) is 28.7 Å². The van der Waals surface area contributed by atoms with E-state index in [1.54, 1.807) is 18.2 Å². The Hall–Kier alpha value is -2.83. The predicted octanol–water partition coefficient (Wildman–Crippen LogP) is 1.57. The van der Waals surface area contributed by atoms with Gasteiger partial charge in [0.25, 0.3) is 5.91 Å². The van der Waals surface area contributed by atoms with Crippen LogP contribution in [-0.2, 0) is 9.59 Å². The van der Waals surface area contributed by atoms with E-state index in [0.717, 1.165) is 21.6 Å². The number of nitrogens with one attached hydrogen (secondary N) is 1. The summed E-state index contributed by atoms with van der Waals surface area (Å²) in [5, 5.41) is 3.56. The smallest absolute Gasteiger partial charge is 0.327 e. The maximum atomic E-state index is 12.0. The van der Waals surface area contributed by atoms with E-state index in [4.69, 9.17) is 4.42 Å². The Morgan fingerprint density at radius 1 is 1.32 bits per heavy atom. The van der Waals surface area contributed by atoms with Gasteiger partial charge in [0.2, 0.25) is 5.91 Å².